The lowest BCUT2D eigenvalue weighted by Gasteiger charge is -2.42. The van der Waals surface area contributed by atoms with Crippen LogP contribution in [0.15, 0.2) is 12.1 Å². The van der Waals surface area contributed by atoms with Gasteiger partial charge >= 0.3 is 0 Å². The second-order valence-corrected chi connectivity index (χ2v) is 5.79. The maximum atomic E-state index is 5.75. The molecule has 3 aliphatic rings. The first kappa shape index (κ1) is 11.4. The summed E-state index contributed by atoms with van der Waals surface area (Å²) >= 11 is 0. The second-order valence-electron chi connectivity index (χ2n) is 5.79. The van der Waals surface area contributed by atoms with Gasteiger partial charge in [-0.1, -0.05) is 0 Å². The first-order valence-corrected chi connectivity index (χ1v) is 7.18. The number of nitrogens with one attached hydrogen (secondary N) is 1. The van der Waals surface area contributed by atoms with Crippen molar-refractivity contribution in [3.8, 4) is 11.5 Å². The molecule has 0 radical (unpaired) electrons. The molecule has 102 valence electrons. The van der Waals surface area contributed by atoms with Crippen LogP contribution in [0, 0.1) is 5.92 Å². The highest BCUT2D eigenvalue weighted by atomic mass is 16.6. The van der Waals surface area contributed by atoms with Gasteiger partial charge in [0.1, 0.15) is 13.2 Å². The van der Waals surface area contributed by atoms with Crippen LogP contribution in [0.3, 0.4) is 0 Å². The fourth-order valence-corrected chi connectivity index (χ4v) is 3.70. The molecule has 4 heteroatoms. The van der Waals surface area contributed by atoms with E-state index in [1.807, 2.05) is 0 Å². The number of piperidine rings is 1. The largest absolute Gasteiger partial charge is 0.486 e. The zero-order valence-corrected chi connectivity index (χ0v) is 11.3. The van der Waals surface area contributed by atoms with Crippen molar-refractivity contribution in [3.05, 3.63) is 17.7 Å². The van der Waals surface area contributed by atoms with E-state index in [0.717, 1.165) is 31.1 Å². The maximum Gasteiger partial charge on any atom is 0.163 e. The van der Waals surface area contributed by atoms with Gasteiger partial charge in [0.2, 0.25) is 0 Å². The third-order valence-electron chi connectivity index (χ3n) is 4.62. The normalized spacial score (nSPS) is 28.6. The Labute approximate surface area is 113 Å². The Morgan fingerprint density at radius 2 is 2.00 bits per heavy atom. The van der Waals surface area contributed by atoms with E-state index in [2.05, 4.69) is 29.4 Å². The monoisotopic (exact) mass is 260 g/mol. The van der Waals surface area contributed by atoms with Crippen molar-refractivity contribution in [3.63, 3.8) is 0 Å². The highest BCUT2D eigenvalue weighted by Gasteiger charge is 2.35. The van der Waals surface area contributed by atoms with E-state index in [4.69, 9.17) is 9.47 Å². The first-order valence-electron chi connectivity index (χ1n) is 7.18. The Morgan fingerprint density at radius 3 is 2.84 bits per heavy atom. The van der Waals surface area contributed by atoms with Crippen LogP contribution in [-0.4, -0.2) is 39.9 Å². The summed E-state index contributed by atoms with van der Waals surface area (Å²) in [5.41, 5.74) is 2.77. The van der Waals surface area contributed by atoms with Gasteiger partial charge in [-0.25, -0.2) is 0 Å². The van der Waals surface area contributed by atoms with Gasteiger partial charge in [-0.2, -0.15) is 0 Å². The zero-order valence-electron chi connectivity index (χ0n) is 11.3. The maximum absolute atomic E-state index is 5.75. The van der Waals surface area contributed by atoms with Gasteiger partial charge in [-0.3, -0.25) is 0 Å². The average molecular weight is 260 g/mol. The Hall–Kier alpha value is -1.42. The summed E-state index contributed by atoms with van der Waals surface area (Å²) in [5, 5.41) is 3.52. The molecule has 0 amide bonds. The van der Waals surface area contributed by atoms with Crippen LogP contribution in [0.5, 0.6) is 11.5 Å². The summed E-state index contributed by atoms with van der Waals surface area (Å²) in [5.74, 6) is 3.22. The number of ether oxygens (including phenoxy) is 2. The van der Waals surface area contributed by atoms with Crippen molar-refractivity contribution in [2.24, 2.45) is 5.92 Å². The van der Waals surface area contributed by atoms with Crippen LogP contribution in [0.4, 0.5) is 5.69 Å². The van der Waals surface area contributed by atoms with E-state index < -0.39 is 0 Å². The topological polar surface area (TPSA) is 33.7 Å². The molecule has 0 bridgehead atoms. The third kappa shape index (κ3) is 1.77. The molecular formula is C15H20N2O2. The molecule has 19 heavy (non-hydrogen) atoms. The van der Waals surface area contributed by atoms with Crippen molar-refractivity contribution in [2.75, 3.05) is 44.8 Å². The smallest absolute Gasteiger partial charge is 0.163 e. The van der Waals surface area contributed by atoms with Crippen molar-refractivity contribution in [2.45, 2.75) is 12.3 Å². The molecule has 4 nitrogen and oxygen atoms in total. The Bertz CT molecular complexity index is 503. The summed E-state index contributed by atoms with van der Waals surface area (Å²) in [7, 11) is 2.18. The number of nitrogens with zero attached hydrogens (tertiary/aromatic N) is 1. The fraction of sp³-hybridized carbons (Fsp3) is 0.600. The molecule has 0 aromatic heterocycles. The van der Waals surface area contributed by atoms with Crippen LogP contribution < -0.4 is 19.7 Å². The van der Waals surface area contributed by atoms with Gasteiger partial charge in [0.25, 0.3) is 0 Å². The van der Waals surface area contributed by atoms with Gasteiger partial charge in [0.15, 0.2) is 11.5 Å². The van der Waals surface area contributed by atoms with E-state index in [0.29, 0.717) is 25.0 Å². The molecule has 0 spiro atoms. The summed E-state index contributed by atoms with van der Waals surface area (Å²) in [6.07, 6.45) is 1.23. The van der Waals surface area contributed by atoms with E-state index in [-0.39, 0.29) is 0 Å². The molecule has 0 aliphatic carbocycles. The van der Waals surface area contributed by atoms with Crippen molar-refractivity contribution in [1.82, 2.24) is 5.32 Å². The Balaban J connectivity index is 1.80. The molecule has 1 aromatic rings. The molecule has 2 atom stereocenters. The van der Waals surface area contributed by atoms with Gasteiger partial charge < -0.3 is 19.7 Å². The number of hydrogen-bond acceptors (Lipinski definition) is 4. The van der Waals surface area contributed by atoms with Crippen LogP contribution >= 0.6 is 0 Å². The van der Waals surface area contributed by atoms with Gasteiger partial charge in [-0.05, 0) is 36.4 Å². The van der Waals surface area contributed by atoms with Crippen LogP contribution in [-0.2, 0) is 0 Å². The molecule has 1 saturated heterocycles. The molecule has 3 aliphatic heterocycles. The molecule has 1 fully saturated rings. The molecule has 0 saturated carbocycles. The standard InChI is InChI=1S/C15H20N2O2/c1-17-9-10-8-16-3-2-11(10)12-6-14-15(7-13(12)17)19-5-4-18-14/h6-7,10-11,16H,2-5,8-9H2,1H3. The molecule has 3 heterocycles. The minimum atomic E-state index is 0.658. The molecule has 1 aromatic carbocycles. The van der Waals surface area contributed by atoms with Crippen LogP contribution in [0.2, 0.25) is 0 Å². The van der Waals surface area contributed by atoms with Gasteiger partial charge in [0, 0.05) is 31.9 Å². The average Bonchev–Trinajstić information content (AvgIpc) is 2.46. The number of benzene rings is 1. The SMILES string of the molecule is CN1CC2CNCCC2c2cc3c(cc21)OCCO3. The summed E-state index contributed by atoms with van der Waals surface area (Å²) in [6.45, 7) is 4.70. The summed E-state index contributed by atoms with van der Waals surface area (Å²) in [4.78, 5) is 2.36. The molecular weight excluding hydrogens is 240 g/mol. The van der Waals surface area contributed by atoms with Crippen LogP contribution in [0.1, 0.15) is 17.9 Å². The molecule has 2 unspecified atom stereocenters. The van der Waals surface area contributed by atoms with Crippen molar-refractivity contribution >= 4 is 5.69 Å². The number of rotatable bonds is 0. The third-order valence-corrected chi connectivity index (χ3v) is 4.62. The van der Waals surface area contributed by atoms with Crippen LogP contribution in [0.25, 0.3) is 0 Å². The molecule has 1 N–H and O–H groups in total. The number of anilines is 1. The predicted molar refractivity (Wildman–Crippen MR) is 74.4 cm³/mol. The minimum absolute atomic E-state index is 0.658. The van der Waals surface area contributed by atoms with E-state index >= 15 is 0 Å². The highest BCUT2D eigenvalue weighted by molar-refractivity contribution is 5.65. The first-order chi connectivity index (χ1) is 9.33. The molecule has 4 rings (SSSR count). The Morgan fingerprint density at radius 1 is 1.21 bits per heavy atom. The van der Waals surface area contributed by atoms with E-state index in [1.165, 1.54) is 17.7 Å². The van der Waals surface area contributed by atoms with E-state index in [1.54, 1.807) is 0 Å². The van der Waals surface area contributed by atoms with Gasteiger partial charge in [0.05, 0.1) is 0 Å². The summed E-state index contributed by atoms with van der Waals surface area (Å²) < 4.78 is 11.5. The predicted octanol–water partition coefficient (Wildman–Crippen LogP) is 1.60. The lowest BCUT2D eigenvalue weighted by atomic mass is 9.77. The lowest BCUT2D eigenvalue weighted by Crippen LogP contribution is -2.45. The van der Waals surface area contributed by atoms with Crippen molar-refractivity contribution in [1.29, 1.82) is 0 Å². The van der Waals surface area contributed by atoms with Crippen molar-refractivity contribution < 1.29 is 9.47 Å². The van der Waals surface area contributed by atoms with E-state index in [9.17, 15) is 0 Å². The number of fused-ring (bicyclic) bond motifs is 4. The Kier molecular flexibility index (Phi) is 2.58. The summed E-state index contributed by atoms with van der Waals surface area (Å²) in [6, 6.07) is 4.39. The highest BCUT2D eigenvalue weighted by Crippen LogP contribution is 2.46. The minimum Gasteiger partial charge on any atom is -0.486 e. The van der Waals surface area contributed by atoms with Gasteiger partial charge in [-0.15, -0.1) is 0 Å². The zero-order chi connectivity index (χ0) is 12.8. The second kappa shape index (κ2) is 4.30. The quantitative estimate of drug-likeness (QED) is 0.768. The number of hydrogen-bond donors (Lipinski definition) is 1. The fourth-order valence-electron chi connectivity index (χ4n) is 3.70. The lowest BCUT2D eigenvalue weighted by molar-refractivity contribution is 0.171.